The number of rotatable bonds is 5. The second-order valence-corrected chi connectivity index (χ2v) is 4.31. The van der Waals surface area contributed by atoms with Crippen LogP contribution in [0.3, 0.4) is 0 Å². The number of hydrogen-bond acceptors (Lipinski definition) is 3. The Balaban J connectivity index is 4.15. The molecule has 0 aliphatic rings. The molecule has 0 fully saturated rings. The van der Waals surface area contributed by atoms with Crippen molar-refractivity contribution in [3.63, 3.8) is 0 Å². The maximum absolute atomic E-state index is 11.5. The Morgan fingerprint density at radius 1 is 1.29 bits per heavy atom. The van der Waals surface area contributed by atoms with Crippen LogP contribution >= 0.6 is 0 Å². The third kappa shape index (κ3) is 4.07. The van der Waals surface area contributed by atoms with Crippen LogP contribution in [0.1, 0.15) is 27.7 Å². The van der Waals surface area contributed by atoms with Crippen molar-refractivity contribution in [1.82, 2.24) is 5.32 Å². The van der Waals surface area contributed by atoms with E-state index in [0.29, 0.717) is 0 Å². The van der Waals surface area contributed by atoms with E-state index in [0.717, 1.165) is 0 Å². The summed E-state index contributed by atoms with van der Waals surface area (Å²) < 4.78 is 0. The molecule has 4 N–H and O–H groups in total. The zero-order valence-electron chi connectivity index (χ0n) is 9.45. The van der Waals surface area contributed by atoms with Gasteiger partial charge in [-0.1, -0.05) is 27.7 Å². The number of amides is 1. The molecular formula is C10H22N2O2. The molecule has 4 heteroatoms. The van der Waals surface area contributed by atoms with Gasteiger partial charge >= 0.3 is 0 Å². The van der Waals surface area contributed by atoms with E-state index in [4.69, 9.17) is 10.8 Å². The number of aliphatic hydroxyl groups is 1. The lowest BCUT2D eigenvalue weighted by molar-refractivity contribution is -0.124. The molecule has 0 bridgehead atoms. The molecule has 1 amide bonds. The predicted octanol–water partition coefficient (Wildman–Crippen LogP) is 0.103. The average Bonchev–Trinajstić information content (AvgIpc) is 2.11. The second-order valence-electron chi connectivity index (χ2n) is 4.31. The SMILES string of the molecule is CC(C)[C@H](N)C(=O)N[C@H](CO)C(C)C. The van der Waals surface area contributed by atoms with E-state index in [1.165, 1.54) is 0 Å². The Hall–Kier alpha value is -0.610. The third-order valence-corrected chi connectivity index (χ3v) is 2.35. The van der Waals surface area contributed by atoms with Gasteiger partial charge < -0.3 is 16.2 Å². The van der Waals surface area contributed by atoms with Gasteiger partial charge in [0, 0.05) is 0 Å². The molecule has 0 aliphatic heterocycles. The van der Waals surface area contributed by atoms with Crippen LogP contribution in [0.15, 0.2) is 0 Å². The van der Waals surface area contributed by atoms with Crippen molar-refractivity contribution in [3.8, 4) is 0 Å². The van der Waals surface area contributed by atoms with Crippen LogP contribution in [0.25, 0.3) is 0 Å². The average molecular weight is 202 g/mol. The summed E-state index contributed by atoms with van der Waals surface area (Å²) in [5.41, 5.74) is 5.67. The summed E-state index contributed by atoms with van der Waals surface area (Å²) in [6, 6.07) is -0.699. The highest BCUT2D eigenvalue weighted by Gasteiger charge is 2.21. The Labute approximate surface area is 85.9 Å². The van der Waals surface area contributed by atoms with Crippen molar-refractivity contribution in [2.24, 2.45) is 17.6 Å². The zero-order valence-corrected chi connectivity index (χ0v) is 9.45. The lowest BCUT2D eigenvalue weighted by atomic mass is 10.0. The van der Waals surface area contributed by atoms with Crippen molar-refractivity contribution >= 4 is 5.91 Å². The molecule has 0 aliphatic carbocycles. The number of carbonyl (C=O) groups is 1. The zero-order chi connectivity index (χ0) is 11.3. The van der Waals surface area contributed by atoms with E-state index in [1.54, 1.807) is 0 Å². The molecular weight excluding hydrogens is 180 g/mol. The number of carbonyl (C=O) groups excluding carboxylic acids is 1. The van der Waals surface area contributed by atoms with Gasteiger partial charge in [-0.05, 0) is 11.8 Å². The maximum atomic E-state index is 11.5. The van der Waals surface area contributed by atoms with Crippen LogP contribution in [-0.4, -0.2) is 29.7 Å². The summed E-state index contributed by atoms with van der Waals surface area (Å²) in [6.45, 7) is 7.64. The van der Waals surface area contributed by atoms with Crippen molar-refractivity contribution in [2.45, 2.75) is 39.8 Å². The van der Waals surface area contributed by atoms with E-state index >= 15 is 0 Å². The first-order valence-electron chi connectivity index (χ1n) is 5.07. The maximum Gasteiger partial charge on any atom is 0.237 e. The standard InChI is InChI=1S/C10H22N2O2/c1-6(2)8(5-13)12-10(14)9(11)7(3)4/h6-9,13H,5,11H2,1-4H3,(H,12,14)/t8-,9+/m1/s1. The summed E-state index contributed by atoms with van der Waals surface area (Å²) in [5.74, 6) is 0.137. The third-order valence-electron chi connectivity index (χ3n) is 2.35. The number of hydrogen-bond donors (Lipinski definition) is 3. The van der Waals surface area contributed by atoms with Crippen LogP contribution in [0.2, 0.25) is 0 Å². The van der Waals surface area contributed by atoms with Crippen molar-refractivity contribution < 1.29 is 9.90 Å². The monoisotopic (exact) mass is 202 g/mol. The Morgan fingerprint density at radius 2 is 1.79 bits per heavy atom. The van der Waals surface area contributed by atoms with Crippen LogP contribution in [0.5, 0.6) is 0 Å². The lowest BCUT2D eigenvalue weighted by Gasteiger charge is -2.23. The molecule has 84 valence electrons. The first-order valence-corrected chi connectivity index (χ1v) is 5.07. The number of nitrogens with one attached hydrogen (secondary N) is 1. The summed E-state index contributed by atoms with van der Waals surface area (Å²) in [4.78, 5) is 11.5. The van der Waals surface area contributed by atoms with Crippen molar-refractivity contribution in [2.75, 3.05) is 6.61 Å². The number of aliphatic hydroxyl groups excluding tert-OH is 1. The predicted molar refractivity (Wildman–Crippen MR) is 56.7 cm³/mol. The molecule has 0 heterocycles. The highest BCUT2D eigenvalue weighted by atomic mass is 16.3. The first-order chi connectivity index (χ1) is 6.40. The minimum absolute atomic E-state index is 0.0474. The molecule has 4 nitrogen and oxygen atoms in total. The Kier molecular flexibility index (Phi) is 5.72. The van der Waals surface area contributed by atoms with Gasteiger partial charge in [-0.25, -0.2) is 0 Å². The smallest absolute Gasteiger partial charge is 0.237 e. The van der Waals surface area contributed by atoms with E-state index < -0.39 is 6.04 Å². The largest absolute Gasteiger partial charge is 0.394 e. The van der Waals surface area contributed by atoms with Crippen LogP contribution in [-0.2, 0) is 4.79 Å². The van der Waals surface area contributed by atoms with Gasteiger partial charge in [0.15, 0.2) is 0 Å². The normalized spacial score (nSPS) is 15.7. The molecule has 0 aromatic heterocycles. The Morgan fingerprint density at radius 3 is 2.07 bits per heavy atom. The van der Waals surface area contributed by atoms with Gasteiger partial charge in [-0.2, -0.15) is 0 Å². The molecule has 0 aromatic rings. The van der Waals surface area contributed by atoms with Crippen LogP contribution < -0.4 is 11.1 Å². The summed E-state index contributed by atoms with van der Waals surface area (Å²) in [5, 5.41) is 11.7. The van der Waals surface area contributed by atoms with Crippen molar-refractivity contribution in [3.05, 3.63) is 0 Å². The van der Waals surface area contributed by atoms with Crippen LogP contribution in [0.4, 0.5) is 0 Å². The minimum atomic E-state index is -0.497. The molecule has 0 saturated carbocycles. The molecule has 0 spiro atoms. The van der Waals surface area contributed by atoms with Gasteiger partial charge in [0.2, 0.25) is 5.91 Å². The van der Waals surface area contributed by atoms with Gasteiger partial charge in [-0.15, -0.1) is 0 Å². The van der Waals surface area contributed by atoms with Crippen molar-refractivity contribution in [1.29, 1.82) is 0 Å². The molecule has 0 unspecified atom stereocenters. The highest BCUT2D eigenvalue weighted by Crippen LogP contribution is 2.03. The van der Waals surface area contributed by atoms with E-state index in [-0.39, 0.29) is 30.4 Å². The van der Waals surface area contributed by atoms with Gasteiger partial charge in [-0.3, -0.25) is 4.79 Å². The molecule has 0 saturated heterocycles. The molecule has 0 rings (SSSR count). The minimum Gasteiger partial charge on any atom is -0.394 e. The fourth-order valence-electron chi connectivity index (χ4n) is 1.00. The fraction of sp³-hybridized carbons (Fsp3) is 0.900. The lowest BCUT2D eigenvalue weighted by Crippen LogP contribution is -2.50. The van der Waals surface area contributed by atoms with Gasteiger partial charge in [0.05, 0.1) is 18.7 Å². The van der Waals surface area contributed by atoms with E-state index in [1.807, 2.05) is 27.7 Å². The molecule has 0 aromatic carbocycles. The summed E-state index contributed by atoms with van der Waals surface area (Å²) >= 11 is 0. The van der Waals surface area contributed by atoms with Gasteiger partial charge in [0.1, 0.15) is 0 Å². The molecule has 2 atom stereocenters. The second kappa shape index (κ2) is 5.98. The Bertz CT molecular complexity index is 181. The van der Waals surface area contributed by atoms with E-state index in [2.05, 4.69) is 5.32 Å². The topological polar surface area (TPSA) is 75.4 Å². The fourth-order valence-corrected chi connectivity index (χ4v) is 1.00. The van der Waals surface area contributed by atoms with E-state index in [9.17, 15) is 4.79 Å². The van der Waals surface area contributed by atoms with Crippen LogP contribution in [0, 0.1) is 11.8 Å². The molecule has 0 radical (unpaired) electrons. The first kappa shape index (κ1) is 13.4. The highest BCUT2D eigenvalue weighted by molar-refractivity contribution is 5.82. The summed E-state index contributed by atoms with van der Waals surface area (Å²) in [7, 11) is 0. The quantitative estimate of drug-likeness (QED) is 0.592. The molecule has 14 heavy (non-hydrogen) atoms. The van der Waals surface area contributed by atoms with Gasteiger partial charge in [0.25, 0.3) is 0 Å². The summed E-state index contributed by atoms with van der Waals surface area (Å²) in [6.07, 6.45) is 0. The number of nitrogens with two attached hydrogens (primary N) is 1.